The highest BCUT2D eigenvalue weighted by Gasteiger charge is 2.33. The third-order valence-corrected chi connectivity index (χ3v) is 4.77. The van der Waals surface area contributed by atoms with Gasteiger partial charge < -0.3 is 10.1 Å². The van der Waals surface area contributed by atoms with Gasteiger partial charge >= 0.3 is 0 Å². The lowest BCUT2D eigenvalue weighted by Crippen LogP contribution is -2.47. The van der Waals surface area contributed by atoms with E-state index in [1.54, 1.807) is 7.11 Å². The normalized spacial score (nSPS) is 19.5. The molecule has 3 heteroatoms. The molecule has 0 aliphatic heterocycles. The molecule has 1 saturated carbocycles. The topological polar surface area (TPSA) is 24.5 Å². The van der Waals surface area contributed by atoms with Crippen LogP contribution in [0.15, 0.2) is 0 Å². The van der Waals surface area contributed by atoms with Crippen molar-refractivity contribution in [2.75, 3.05) is 39.9 Å². The van der Waals surface area contributed by atoms with Crippen molar-refractivity contribution in [2.45, 2.75) is 65.3 Å². The monoisotopic (exact) mass is 284 g/mol. The van der Waals surface area contributed by atoms with E-state index < -0.39 is 0 Å². The van der Waals surface area contributed by atoms with Crippen molar-refractivity contribution in [3.05, 3.63) is 0 Å². The van der Waals surface area contributed by atoms with Crippen LogP contribution in [0.4, 0.5) is 0 Å². The second-order valence-corrected chi connectivity index (χ2v) is 6.75. The van der Waals surface area contributed by atoms with Crippen LogP contribution in [-0.2, 0) is 4.74 Å². The van der Waals surface area contributed by atoms with E-state index in [1.165, 1.54) is 51.6 Å². The fourth-order valence-corrected chi connectivity index (χ4v) is 3.42. The van der Waals surface area contributed by atoms with Crippen LogP contribution >= 0.6 is 0 Å². The molecular weight excluding hydrogens is 248 g/mol. The third-order valence-electron chi connectivity index (χ3n) is 4.77. The van der Waals surface area contributed by atoms with Gasteiger partial charge in [0.2, 0.25) is 0 Å². The molecule has 0 aromatic rings. The smallest absolute Gasteiger partial charge is 0.0589 e. The van der Waals surface area contributed by atoms with Gasteiger partial charge in [-0.05, 0) is 38.6 Å². The van der Waals surface area contributed by atoms with Gasteiger partial charge in [0.25, 0.3) is 0 Å². The Bertz CT molecular complexity index is 235. The summed E-state index contributed by atoms with van der Waals surface area (Å²) in [6.07, 6.45) is 8.43. The second kappa shape index (κ2) is 9.75. The molecule has 1 rings (SSSR count). The Balaban J connectivity index is 2.68. The van der Waals surface area contributed by atoms with Crippen molar-refractivity contribution in [3.63, 3.8) is 0 Å². The van der Waals surface area contributed by atoms with Crippen molar-refractivity contribution in [3.8, 4) is 0 Å². The molecule has 20 heavy (non-hydrogen) atoms. The highest BCUT2D eigenvalue weighted by Crippen LogP contribution is 2.35. The Labute approximate surface area is 126 Å². The summed E-state index contributed by atoms with van der Waals surface area (Å²) in [5.74, 6) is 0. The fourth-order valence-electron chi connectivity index (χ4n) is 3.42. The van der Waals surface area contributed by atoms with Crippen LogP contribution in [0.3, 0.4) is 0 Å². The lowest BCUT2D eigenvalue weighted by Gasteiger charge is -2.40. The van der Waals surface area contributed by atoms with Gasteiger partial charge in [-0.25, -0.2) is 0 Å². The zero-order valence-electron chi connectivity index (χ0n) is 14.2. The summed E-state index contributed by atoms with van der Waals surface area (Å²) >= 11 is 0. The average Bonchev–Trinajstić information content (AvgIpc) is 2.67. The van der Waals surface area contributed by atoms with Gasteiger partial charge in [-0.3, -0.25) is 4.90 Å². The fraction of sp³-hybridized carbons (Fsp3) is 1.00. The maximum absolute atomic E-state index is 5.29. The average molecular weight is 284 g/mol. The minimum absolute atomic E-state index is 0.477. The van der Waals surface area contributed by atoms with Crippen molar-refractivity contribution in [2.24, 2.45) is 5.41 Å². The molecule has 1 aliphatic rings. The van der Waals surface area contributed by atoms with E-state index in [0.717, 1.165) is 19.7 Å². The predicted octanol–water partition coefficient (Wildman–Crippen LogP) is 3.29. The largest absolute Gasteiger partial charge is 0.383 e. The maximum atomic E-state index is 5.29. The van der Waals surface area contributed by atoms with Gasteiger partial charge in [-0.1, -0.05) is 32.6 Å². The highest BCUT2D eigenvalue weighted by atomic mass is 16.5. The number of ether oxygens (including phenoxy) is 1. The van der Waals surface area contributed by atoms with Crippen LogP contribution in [0.1, 0.15) is 59.3 Å². The minimum Gasteiger partial charge on any atom is -0.383 e. The van der Waals surface area contributed by atoms with E-state index in [9.17, 15) is 0 Å². The molecule has 0 aromatic heterocycles. The number of rotatable bonds is 9. The summed E-state index contributed by atoms with van der Waals surface area (Å²) in [6, 6.07) is 0.604. The summed E-state index contributed by atoms with van der Waals surface area (Å²) in [5, 5.41) is 3.63. The van der Waals surface area contributed by atoms with Gasteiger partial charge in [0.15, 0.2) is 0 Å². The zero-order valence-corrected chi connectivity index (χ0v) is 14.2. The van der Waals surface area contributed by atoms with Crippen LogP contribution in [0.25, 0.3) is 0 Å². The first kappa shape index (κ1) is 17.9. The zero-order chi connectivity index (χ0) is 14.8. The Hall–Kier alpha value is -0.120. The first-order chi connectivity index (χ1) is 9.63. The van der Waals surface area contributed by atoms with Gasteiger partial charge in [0, 0.05) is 32.8 Å². The lowest BCUT2D eigenvalue weighted by atomic mass is 9.79. The molecule has 0 spiro atoms. The molecule has 0 radical (unpaired) electrons. The molecule has 3 nitrogen and oxygen atoms in total. The summed E-state index contributed by atoms with van der Waals surface area (Å²) in [5.41, 5.74) is 0.477. The first-order valence-electron chi connectivity index (χ1n) is 8.57. The number of hydrogen-bond acceptors (Lipinski definition) is 3. The Morgan fingerprint density at radius 1 is 1.15 bits per heavy atom. The maximum Gasteiger partial charge on any atom is 0.0589 e. The van der Waals surface area contributed by atoms with E-state index >= 15 is 0 Å². The molecule has 120 valence electrons. The molecule has 0 amide bonds. The summed E-state index contributed by atoms with van der Waals surface area (Å²) in [4.78, 5) is 2.62. The van der Waals surface area contributed by atoms with Gasteiger partial charge in [0.1, 0.15) is 0 Å². The Morgan fingerprint density at radius 2 is 1.80 bits per heavy atom. The van der Waals surface area contributed by atoms with Crippen LogP contribution in [0, 0.1) is 5.41 Å². The molecule has 0 unspecified atom stereocenters. The third kappa shape index (κ3) is 6.11. The molecule has 0 bridgehead atoms. The molecule has 0 aromatic carbocycles. The first-order valence-corrected chi connectivity index (χ1v) is 8.57. The summed E-state index contributed by atoms with van der Waals surface area (Å²) in [7, 11) is 1.80. The van der Waals surface area contributed by atoms with E-state index in [0.29, 0.717) is 11.5 Å². The van der Waals surface area contributed by atoms with Crippen LogP contribution < -0.4 is 5.32 Å². The van der Waals surface area contributed by atoms with Crippen molar-refractivity contribution >= 4 is 0 Å². The number of nitrogens with zero attached hydrogens (tertiary/aromatic N) is 1. The van der Waals surface area contributed by atoms with E-state index in [1.807, 2.05) is 0 Å². The lowest BCUT2D eigenvalue weighted by molar-refractivity contribution is 0.0743. The Morgan fingerprint density at radius 3 is 2.30 bits per heavy atom. The number of nitrogens with one attached hydrogen (secondary N) is 1. The van der Waals surface area contributed by atoms with Gasteiger partial charge in [-0.2, -0.15) is 0 Å². The van der Waals surface area contributed by atoms with Crippen molar-refractivity contribution < 1.29 is 4.74 Å². The summed E-state index contributed by atoms with van der Waals surface area (Å²) in [6.45, 7) is 12.2. The molecule has 1 fully saturated rings. The van der Waals surface area contributed by atoms with Gasteiger partial charge in [0.05, 0.1) is 6.61 Å². The van der Waals surface area contributed by atoms with Crippen LogP contribution in [0.5, 0.6) is 0 Å². The molecule has 0 atom stereocenters. The molecule has 1 N–H and O–H groups in total. The van der Waals surface area contributed by atoms with Crippen LogP contribution in [0.2, 0.25) is 0 Å². The highest BCUT2D eigenvalue weighted by molar-refractivity contribution is 4.87. The van der Waals surface area contributed by atoms with Gasteiger partial charge in [-0.15, -0.1) is 0 Å². The molecule has 1 aliphatic carbocycles. The van der Waals surface area contributed by atoms with Crippen LogP contribution in [-0.4, -0.2) is 50.8 Å². The predicted molar refractivity (Wildman–Crippen MR) is 87.3 cm³/mol. The van der Waals surface area contributed by atoms with E-state index in [2.05, 4.69) is 31.0 Å². The summed E-state index contributed by atoms with van der Waals surface area (Å²) < 4.78 is 5.29. The van der Waals surface area contributed by atoms with E-state index in [-0.39, 0.29) is 0 Å². The molecular formula is C17H36N2O. The standard InChI is InChI=1S/C17H36N2O/c1-5-18-14-17(10-8-6-7-9-11-17)15-19(16(2)3)12-13-20-4/h16,18H,5-15H2,1-4H3. The van der Waals surface area contributed by atoms with Crippen molar-refractivity contribution in [1.29, 1.82) is 0 Å². The van der Waals surface area contributed by atoms with E-state index in [4.69, 9.17) is 4.74 Å². The number of hydrogen-bond donors (Lipinski definition) is 1. The Kier molecular flexibility index (Phi) is 8.74. The quantitative estimate of drug-likeness (QED) is 0.658. The SMILES string of the molecule is CCNCC1(CN(CCOC)C(C)C)CCCCCC1. The molecule has 0 heterocycles. The number of methoxy groups -OCH3 is 1. The van der Waals surface area contributed by atoms with Crippen molar-refractivity contribution in [1.82, 2.24) is 10.2 Å². The second-order valence-electron chi connectivity index (χ2n) is 6.75. The molecule has 0 saturated heterocycles. The minimum atomic E-state index is 0.477.